The van der Waals surface area contributed by atoms with Gasteiger partial charge in [-0.05, 0) is 123 Å². The van der Waals surface area contributed by atoms with Gasteiger partial charge in [0.15, 0.2) is 0 Å². The van der Waals surface area contributed by atoms with Gasteiger partial charge in [-0.3, -0.25) is 0 Å². The first kappa shape index (κ1) is 25.2. The van der Waals surface area contributed by atoms with Crippen molar-refractivity contribution in [2.75, 3.05) is 6.61 Å². The van der Waals surface area contributed by atoms with E-state index in [2.05, 4.69) is 78.8 Å². The van der Waals surface area contributed by atoms with Crippen LogP contribution >= 0.6 is 0 Å². The van der Waals surface area contributed by atoms with Crippen molar-refractivity contribution in [1.29, 1.82) is 0 Å². The molecule has 184 valence electrons. The summed E-state index contributed by atoms with van der Waals surface area (Å²) in [5.41, 5.74) is 14.3. The molecule has 34 heavy (non-hydrogen) atoms. The summed E-state index contributed by atoms with van der Waals surface area (Å²) in [4.78, 5) is 0. The molecule has 0 N–H and O–H groups in total. The lowest BCUT2D eigenvalue weighted by atomic mass is 9.83. The van der Waals surface area contributed by atoms with E-state index < -0.39 is 0 Å². The Hall–Kier alpha value is -1.86. The predicted molar refractivity (Wildman–Crippen MR) is 148 cm³/mol. The molecule has 0 spiro atoms. The van der Waals surface area contributed by atoms with Crippen LogP contribution in [-0.4, -0.2) is 12.2 Å². The third kappa shape index (κ3) is 5.68. The lowest BCUT2D eigenvalue weighted by Crippen LogP contribution is -2.19. The van der Waals surface area contributed by atoms with Crippen LogP contribution in [0.15, 0.2) is 35.9 Å². The monoisotopic (exact) mass is 458 g/mol. The van der Waals surface area contributed by atoms with Crippen LogP contribution in [0.1, 0.15) is 115 Å². The van der Waals surface area contributed by atoms with E-state index in [0.29, 0.717) is 0 Å². The maximum Gasteiger partial charge on any atom is 0.0598 e. The van der Waals surface area contributed by atoms with E-state index in [1.165, 1.54) is 62.5 Å². The average molecular weight is 459 g/mol. The van der Waals surface area contributed by atoms with Crippen molar-refractivity contribution in [3.63, 3.8) is 0 Å². The van der Waals surface area contributed by atoms with Gasteiger partial charge in [0.1, 0.15) is 0 Å². The van der Waals surface area contributed by atoms with Crippen molar-refractivity contribution >= 4 is 5.57 Å². The Labute approximate surface area is 209 Å². The summed E-state index contributed by atoms with van der Waals surface area (Å²) in [5, 5.41) is 0. The van der Waals surface area contributed by atoms with E-state index in [0.717, 1.165) is 13.0 Å². The molecule has 0 fully saturated rings. The zero-order valence-electron chi connectivity index (χ0n) is 22.9. The van der Waals surface area contributed by atoms with Crippen LogP contribution in [0, 0.1) is 0 Å². The first-order valence-electron chi connectivity index (χ1n) is 13.7. The van der Waals surface area contributed by atoms with Crippen molar-refractivity contribution in [2.24, 2.45) is 0 Å². The second kappa shape index (κ2) is 10.0. The first-order chi connectivity index (χ1) is 16.0. The number of hydrogen-bond acceptors (Lipinski definition) is 1. The number of hydrogen-bond donors (Lipinski definition) is 0. The molecule has 2 aromatic rings. The SMILES string of the molecule is CC1=C(CCCCCCOC(C)(C)C)c2c(cc3c(c2-c2ccc(C(C)(C)C)cc2)CCC3)C1. The number of rotatable bonds is 8. The summed E-state index contributed by atoms with van der Waals surface area (Å²) in [6.45, 7) is 16.6. The molecule has 0 bridgehead atoms. The van der Waals surface area contributed by atoms with Crippen LogP contribution in [0.3, 0.4) is 0 Å². The number of benzene rings is 2. The molecule has 0 saturated carbocycles. The van der Waals surface area contributed by atoms with E-state index in [4.69, 9.17) is 4.74 Å². The van der Waals surface area contributed by atoms with Gasteiger partial charge in [-0.15, -0.1) is 0 Å². The zero-order valence-corrected chi connectivity index (χ0v) is 22.9. The van der Waals surface area contributed by atoms with Crippen molar-refractivity contribution in [2.45, 2.75) is 117 Å². The van der Waals surface area contributed by atoms with Gasteiger partial charge in [-0.1, -0.05) is 69.5 Å². The molecule has 1 heteroatoms. The molecule has 1 nitrogen and oxygen atoms in total. The average Bonchev–Trinajstić information content (AvgIpc) is 3.33. The number of fused-ring (bicyclic) bond motifs is 2. The molecular formula is C33H46O. The molecule has 2 aliphatic carbocycles. The number of ether oxygens (including phenoxy) is 1. The lowest BCUT2D eigenvalue weighted by Gasteiger charge is -2.21. The number of allylic oxidation sites excluding steroid dienone is 2. The second-order valence-corrected chi connectivity index (χ2v) is 12.7. The fourth-order valence-corrected chi connectivity index (χ4v) is 5.83. The van der Waals surface area contributed by atoms with Crippen LogP contribution in [0.2, 0.25) is 0 Å². The minimum absolute atomic E-state index is 0.0166. The molecule has 0 aromatic heterocycles. The Morgan fingerprint density at radius 1 is 0.794 bits per heavy atom. The van der Waals surface area contributed by atoms with Crippen LogP contribution < -0.4 is 0 Å². The van der Waals surface area contributed by atoms with Crippen LogP contribution in [0.25, 0.3) is 16.7 Å². The topological polar surface area (TPSA) is 9.23 Å². The first-order valence-corrected chi connectivity index (χ1v) is 13.7. The van der Waals surface area contributed by atoms with Gasteiger partial charge < -0.3 is 4.74 Å². The summed E-state index contributed by atoms with van der Waals surface area (Å²) in [7, 11) is 0. The largest absolute Gasteiger partial charge is 0.376 e. The molecule has 0 saturated heterocycles. The van der Waals surface area contributed by atoms with Crippen molar-refractivity contribution in [1.82, 2.24) is 0 Å². The molecule has 0 unspecified atom stereocenters. The van der Waals surface area contributed by atoms with E-state index in [9.17, 15) is 0 Å². The maximum atomic E-state index is 5.90. The Kier molecular flexibility index (Phi) is 7.44. The molecule has 0 aliphatic heterocycles. The molecule has 0 heterocycles. The summed E-state index contributed by atoms with van der Waals surface area (Å²) < 4.78 is 5.90. The third-order valence-electron chi connectivity index (χ3n) is 7.65. The molecule has 0 amide bonds. The molecule has 4 rings (SSSR count). The molecule has 0 atom stereocenters. The van der Waals surface area contributed by atoms with Gasteiger partial charge in [-0.2, -0.15) is 0 Å². The highest BCUT2D eigenvalue weighted by Crippen LogP contribution is 2.47. The highest BCUT2D eigenvalue weighted by molar-refractivity contribution is 5.90. The minimum atomic E-state index is -0.0166. The van der Waals surface area contributed by atoms with Crippen molar-refractivity contribution < 1.29 is 4.74 Å². The smallest absolute Gasteiger partial charge is 0.0598 e. The van der Waals surface area contributed by atoms with Gasteiger partial charge in [-0.25, -0.2) is 0 Å². The Morgan fingerprint density at radius 2 is 1.50 bits per heavy atom. The summed E-state index contributed by atoms with van der Waals surface area (Å²) in [5.74, 6) is 0. The van der Waals surface area contributed by atoms with E-state index in [1.54, 1.807) is 39.0 Å². The van der Waals surface area contributed by atoms with Crippen LogP contribution in [0.5, 0.6) is 0 Å². The number of aryl methyl sites for hydroxylation is 1. The Bertz CT molecular complexity index is 1040. The summed E-state index contributed by atoms with van der Waals surface area (Å²) in [6, 6.07) is 12.1. The van der Waals surface area contributed by atoms with Crippen molar-refractivity contribution in [3.8, 4) is 11.1 Å². The van der Waals surface area contributed by atoms with E-state index >= 15 is 0 Å². The van der Waals surface area contributed by atoms with E-state index in [-0.39, 0.29) is 11.0 Å². The third-order valence-corrected chi connectivity index (χ3v) is 7.65. The van der Waals surface area contributed by atoms with Gasteiger partial charge >= 0.3 is 0 Å². The Morgan fingerprint density at radius 3 is 2.18 bits per heavy atom. The maximum absolute atomic E-state index is 5.90. The highest BCUT2D eigenvalue weighted by atomic mass is 16.5. The quantitative estimate of drug-likeness (QED) is 0.358. The van der Waals surface area contributed by atoms with E-state index in [1.807, 2.05) is 0 Å². The minimum Gasteiger partial charge on any atom is -0.376 e. The molecule has 2 aromatic carbocycles. The highest BCUT2D eigenvalue weighted by Gasteiger charge is 2.28. The molecule has 2 aliphatic rings. The molecule has 0 radical (unpaired) electrons. The van der Waals surface area contributed by atoms with Crippen LogP contribution in [-0.2, 0) is 29.4 Å². The van der Waals surface area contributed by atoms with Crippen molar-refractivity contribution in [3.05, 3.63) is 63.7 Å². The van der Waals surface area contributed by atoms with Gasteiger partial charge in [0, 0.05) is 6.61 Å². The van der Waals surface area contributed by atoms with Gasteiger partial charge in [0.25, 0.3) is 0 Å². The molecular weight excluding hydrogens is 412 g/mol. The number of unbranched alkanes of at least 4 members (excludes halogenated alkanes) is 3. The zero-order chi connectivity index (χ0) is 24.5. The summed E-state index contributed by atoms with van der Waals surface area (Å²) in [6.07, 6.45) is 11.2. The van der Waals surface area contributed by atoms with Gasteiger partial charge in [0.2, 0.25) is 0 Å². The standard InChI is InChI=1S/C33H46O/c1-23-21-26-22-25-13-12-15-29(25)30(24-16-18-27(19-17-24)32(2,3)4)31(26)28(23)14-10-8-9-11-20-34-33(5,6)7/h16-19,22H,8-15,20-21H2,1-7H3. The second-order valence-electron chi connectivity index (χ2n) is 12.7. The van der Waals surface area contributed by atoms with Crippen LogP contribution in [0.4, 0.5) is 0 Å². The Balaban J connectivity index is 1.54. The fraction of sp³-hybridized carbons (Fsp3) is 0.576. The summed E-state index contributed by atoms with van der Waals surface area (Å²) >= 11 is 0. The lowest BCUT2D eigenvalue weighted by molar-refractivity contribution is -0.00473. The van der Waals surface area contributed by atoms with Gasteiger partial charge in [0.05, 0.1) is 5.60 Å². The normalized spacial score (nSPS) is 15.7. The predicted octanol–water partition coefficient (Wildman–Crippen LogP) is 9.24. The fourth-order valence-electron chi connectivity index (χ4n) is 5.83.